The number of methoxy groups -OCH3 is 1. The summed E-state index contributed by atoms with van der Waals surface area (Å²) >= 11 is 0. The quantitative estimate of drug-likeness (QED) is 0.408. The lowest BCUT2D eigenvalue weighted by molar-refractivity contribution is -0.133. The fraction of sp³-hybridized carbons (Fsp3) is 0.357. The van der Waals surface area contributed by atoms with E-state index in [2.05, 4.69) is 12.2 Å². The van der Waals surface area contributed by atoms with Crippen molar-refractivity contribution in [3.63, 3.8) is 0 Å². The summed E-state index contributed by atoms with van der Waals surface area (Å²) in [6.07, 6.45) is 0.914. The number of hydrogen-bond donors (Lipinski definition) is 1. The molecule has 0 saturated heterocycles. The third-order valence-corrected chi connectivity index (χ3v) is 6.10. The maximum absolute atomic E-state index is 13.6. The number of ether oxygens (including phenoxy) is 3. The van der Waals surface area contributed by atoms with Gasteiger partial charge in [0.2, 0.25) is 12.7 Å². The van der Waals surface area contributed by atoms with E-state index in [4.69, 9.17) is 18.6 Å². The van der Waals surface area contributed by atoms with Gasteiger partial charge in [-0.15, -0.1) is 0 Å². The predicted molar refractivity (Wildman–Crippen MR) is 139 cm³/mol. The van der Waals surface area contributed by atoms with Gasteiger partial charge in [0.25, 0.3) is 0 Å². The molecule has 3 amide bonds. The fourth-order valence-corrected chi connectivity index (χ4v) is 3.99. The second-order valence-electron chi connectivity index (χ2n) is 8.84. The molecule has 1 aliphatic heterocycles. The van der Waals surface area contributed by atoms with Gasteiger partial charge in [0, 0.05) is 25.9 Å². The van der Waals surface area contributed by atoms with Crippen LogP contribution < -0.4 is 14.8 Å². The highest BCUT2D eigenvalue weighted by atomic mass is 16.7. The van der Waals surface area contributed by atoms with Crippen LogP contribution in [0.2, 0.25) is 0 Å². The van der Waals surface area contributed by atoms with Gasteiger partial charge in [-0.2, -0.15) is 0 Å². The number of aryl methyl sites for hydroxylation is 2. The van der Waals surface area contributed by atoms with Crippen molar-refractivity contribution in [2.24, 2.45) is 0 Å². The number of furan rings is 1. The highest BCUT2D eigenvalue weighted by Gasteiger charge is 2.24. The van der Waals surface area contributed by atoms with E-state index in [1.807, 2.05) is 61.5 Å². The zero-order chi connectivity index (χ0) is 26.2. The van der Waals surface area contributed by atoms with E-state index in [9.17, 15) is 9.59 Å². The molecular formula is C28H33N3O6. The van der Waals surface area contributed by atoms with E-state index in [0.717, 1.165) is 17.7 Å². The average Bonchev–Trinajstić information content (AvgIpc) is 3.54. The van der Waals surface area contributed by atoms with Crippen LogP contribution >= 0.6 is 0 Å². The zero-order valence-corrected chi connectivity index (χ0v) is 21.5. The second kappa shape index (κ2) is 12.3. The molecular weight excluding hydrogens is 474 g/mol. The molecule has 0 saturated carbocycles. The standard InChI is InChI=1S/C28H33N3O6/c1-4-21-6-9-23(10-7-21)29-28(33)30(13-14-34-3)18-27(32)31(17-24-11-5-20(2)37-24)16-22-8-12-25-26(15-22)36-19-35-25/h5-12,15H,4,13-14,16-19H2,1-3H3,(H,29,33). The Hall–Kier alpha value is -3.98. The molecule has 2 aromatic carbocycles. The monoisotopic (exact) mass is 507 g/mol. The van der Waals surface area contributed by atoms with Crippen LogP contribution in [0, 0.1) is 6.92 Å². The summed E-state index contributed by atoms with van der Waals surface area (Å²) in [5.41, 5.74) is 2.72. The average molecular weight is 508 g/mol. The van der Waals surface area contributed by atoms with Gasteiger partial charge < -0.3 is 33.7 Å². The number of benzene rings is 2. The summed E-state index contributed by atoms with van der Waals surface area (Å²) in [5, 5.41) is 2.89. The van der Waals surface area contributed by atoms with Gasteiger partial charge in [0.05, 0.1) is 13.2 Å². The number of carbonyl (C=O) groups is 2. The third-order valence-electron chi connectivity index (χ3n) is 6.10. The van der Waals surface area contributed by atoms with Crippen LogP contribution in [0.25, 0.3) is 0 Å². The largest absolute Gasteiger partial charge is 0.464 e. The molecule has 0 fully saturated rings. The number of rotatable bonds is 11. The van der Waals surface area contributed by atoms with Crippen molar-refractivity contribution < 1.29 is 28.2 Å². The lowest BCUT2D eigenvalue weighted by Gasteiger charge is -2.27. The Bertz CT molecular complexity index is 1210. The van der Waals surface area contributed by atoms with Gasteiger partial charge in [-0.3, -0.25) is 4.79 Å². The minimum atomic E-state index is -0.369. The highest BCUT2D eigenvalue weighted by Crippen LogP contribution is 2.33. The molecule has 3 aromatic rings. The van der Waals surface area contributed by atoms with E-state index in [1.165, 1.54) is 10.5 Å². The summed E-state index contributed by atoms with van der Waals surface area (Å²) < 4.78 is 21.8. The van der Waals surface area contributed by atoms with Crippen molar-refractivity contribution in [1.82, 2.24) is 9.80 Å². The van der Waals surface area contributed by atoms with Crippen LogP contribution in [0.1, 0.15) is 29.6 Å². The molecule has 0 aliphatic carbocycles. The Morgan fingerprint density at radius 1 is 0.946 bits per heavy atom. The molecule has 9 nitrogen and oxygen atoms in total. The van der Waals surface area contributed by atoms with Crippen molar-refractivity contribution in [1.29, 1.82) is 0 Å². The van der Waals surface area contributed by atoms with Gasteiger partial charge >= 0.3 is 6.03 Å². The Labute approximate surface area is 216 Å². The van der Waals surface area contributed by atoms with Gasteiger partial charge in [0.1, 0.15) is 18.1 Å². The van der Waals surface area contributed by atoms with E-state index >= 15 is 0 Å². The fourth-order valence-electron chi connectivity index (χ4n) is 3.99. The van der Waals surface area contributed by atoms with Crippen molar-refractivity contribution in [3.05, 3.63) is 77.2 Å². The van der Waals surface area contributed by atoms with Crippen molar-refractivity contribution in [2.45, 2.75) is 33.4 Å². The van der Waals surface area contributed by atoms with Gasteiger partial charge in [-0.1, -0.05) is 25.1 Å². The van der Waals surface area contributed by atoms with Gasteiger partial charge in [-0.25, -0.2) is 4.79 Å². The second-order valence-corrected chi connectivity index (χ2v) is 8.84. The molecule has 196 valence electrons. The SMILES string of the molecule is CCc1ccc(NC(=O)N(CCOC)CC(=O)N(Cc2ccc3c(c2)OCO3)Cc2ccc(C)o2)cc1. The first-order chi connectivity index (χ1) is 17.9. The molecule has 1 N–H and O–H groups in total. The molecule has 37 heavy (non-hydrogen) atoms. The van der Waals surface area contributed by atoms with Crippen molar-refractivity contribution >= 4 is 17.6 Å². The van der Waals surface area contributed by atoms with E-state index in [0.29, 0.717) is 36.1 Å². The number of urea groups is 1. The molecule has 4 rings (SSSR count). The number of hydrogen-bond acceptors (Lipinski definition) is 6. The Morgan fingerprint density at radius 2 is 1.70 bits per heavy atom. The summed E-state index contributed by atoms with van der Waals surface area (Å²) in [6, 6.07) is 16.6. The molecule has 0 spiro atoms. The third kappa shape index (κ3) is 7.04. The van der Waals surface area contributed by atoms with Crippen LogP contribution in [0.3, 0.4) is 0 Å². The van der Waals surface area contributed by atoms with Crippen LogP contribution in [0.5, 0.6) is 11.5 Å². The van der Waals surface area contributed by atoms with Crippen LogP contribution in [-0.2, 0) is 29.0 Å². The van der Waals surface area contributed by atoms with Crippen molar-refractivity contribution in [2.75, 3.05) is 38.9 Å². The predicted octanol–water partition coefficient (Wildman–Crippen LogP) is 4.59. The van der Waals surface area contributed by atoms with E-state index in [-0.39, 0.29) is 38.4 Å². The summed E-state index contributed by atoms with van der Waals surface area (Å²) in [4.78, 5) is 29.8. The number of anilines is 1. The lowest BCUT2D eigenvalue weighted by atomic mass is 10.1. The maximum Gasteiger partial charge on any atom is 0.322 e. The highest BCUT2D eigenvalue weighted by molar-refractivity contribution is 5.92. The number of fused-ring (bicyclic) bond motifs is 1. The molecule has 0 atom stereocenters. The number of amides is 3. The summed E-state index contributed by atoms with van der Waals surface area (Å²) in [5.74, 6) is 2.53. The normalized spacial score (nSPS) is 11.9. The van der Waals surface area contributed by atoms with Gasteiger partial charge in [-0.05, 0) is 60.9 Å². The minimum Gasteiger partial charge on any atom is -0.464 e. The van der Waals surface area contributed by atoms with E-state index < -0.39 is 0 Å². The summed E-state index contributed by atoms with van der Waals surface area (Å²) in [6.45, 7) is 5.13. The minimum absolute atomic E-state index is 0.119. The number of nitrogens with one attached hydrogen (secondary N) is 1. The van der Waals surface area contributed by atoms with Crippen LogP contribution in [-0.4, -0.2) is 55.3 Å². The molecule has 0 unspecified atom stereocenters. The van der Waals surface area contributed by atoms with Crippen LogP contribution in [0.4, 0.5) is 10.5 Å². The lowest BCUT2D eigenvalue weighted by Crippen LogP contribution is -2.45. The van der Waals surface area contributed by atoms with Crippen LogP contribution in [0.15, 0.2) is 59.0 Å². The Morgan fingerprint density at radius 3 is 2.41 bits per heavy atom. The topological polar surface area (TPSA) is 93.5 Å². The Kier molecular flexibility index (Phi) is 8.68. The number of carbonyl (C=O) groups excluding carboxylic acids is 2. The maximum atomic E-state index is 13.6. The van der Waals surface area contributed by atoms with E-state index in [1.54, 1.807) is 12.0 Å². The molecule has 9 heteroatoms. The zero-order valence-electron chi connectivity index (χ0n) is 21.5. The molecule has 2 heterocycles. The first-order valence-corrected chi connectivity index (χ1v) is 12.3. The van der Waals surface area contributed by atoms with Crippen molar-refractivity contribution in [3.8, 4) is 11.5 Å². The molecule has 1 aromatic heterocycles. The Balaban J connectivity index is 1.49. The molecule has 0 radical (unpaired) electrons. The molecule has 0 bridgehead atoms. The summed E-state index contributed by atoms with van der Waals surface area (Å²) in [7, 11) is 1.56. The van der Waals surface area contributed by atoms with Gasteiger partial charge in [0.15, 0.2) is 11.5 Å². The molecule has 1 aliphatic rings. The first kappa shape index (κ1) is 26.1. The number of nitrogens with zero attached hydrogens (tertiary/aromatic N) is 2. The first-order valence-electron chi connectivity index (χ1n) is 12.3. The smallest absolute Gasteiger partial charge is 0.322 e.